The van der Waals surface area contributed by atoms with Crippen molar-refractivity contribution in [1.82, 2.24) is 10.9 Å². The summed E-state index contributed by atoms with van der Waals surface area (Å²) in [7, 11) is 1.62. The maximum absolute atomic E-state index is 12.5. The Morgan fingerprint density at radius 3 is 2.78 bits per heavy atom. The molecule has 1 amide bonds. The van der Waals surface area contributed by atoms with E-state index < -0.39 is 0 Å². The molecule has 126 valence electrons. The number of hydrazine groups is 1. The number of hydrogen-bond donors (Lipinski definition) is 2. The Hall–Kier alpha value is -1.81. The molecule has 0 aliphatic heterocycles. The van der Waals surface area contributed by atoms with Crippen LogP contribution in [0.4, 0.5) is 0 Å². The van der Waals surface area contributed by atoms with Gasteiger partial charge in [0, 0.05) is 17.2 Å². The zero-order chi connectivity index (χ0) is 16.7. The number of carbonyl (C=O) groups excluding carboxylic acids is 1. The van der Waals surface area contributed by atoms with E-state index in [9.17, 15) is 4.79 Å². The number of amides is 1. The summed E-state index contributed by atoms with van der Waals surface area (Å²) in [5, 5.41) is 0. The SMILES string of the molecule is C=CC[C@@H](NNC(=O)c1cccc(OC)c1C)C1CCCCC1. The molecular weight excluding hydrogens is 288 g/mol. The maximum atomic E-state index is 12.5. The lowest BCUT2D eigenvalue weighted by molar-refractivity contribution is 0.0911. The number of methoxy groups -OCH3 is 1. The molecule has 0 unspecified atom stereocenters. The second-order valence-electron chi connectivity index (χ2n) is 6.26. The summed E-state index contributed by atoms with van der Waals surface area (Å²) in [6, 6.07) is 5.77. The van der Waals surface area contributed by atoms with Crippen LogP contribution in [0.1, 0.15) is 54.4 Å². The van der Waals surface area contributed by atoms with E-state index >= 15 is 0 Å². The molecule has 0 aromatic heterocycles. The minimum atomic E-state index is -0.119. The van der Waals surface area contributed by atoms with E-state index in [1.54, 1.807) is 7.11 Å². The van der Waals surface area contributed by atoms with Gasteiger partial charge in [-0.1, -0.05) is 31.4 Å². The van der Waals surface area contributed by atoms with Crippen LogP contribution in [-0.2, 0) is 0 Å². The molecule has 1 atom stereocenters. The summed E-state index contributed by atoms with van der Waals surface area (Å²) in [6.45, 7) is 5.75. The lowest BCUT2D eigenvalue weighted by Crippen LogP contribution is -2.48. The molecule has 1 aromatic carbocycles. The minimum Gasteiger partial charge on any atom is -0.496 e. The second-order valence-corrected chi connectivity index (χ2v) is 6.26. The molecule has 1 fully saturated rings. The second kappa shape index (κ2) is 8.73. The zero-order valence-electron chi connectivity index (χ0n) is 14.2. The van der Waals surface area contributed by atoms with Crippen molar-refractivity contribution in [2.45, 2.75) is 51.5 Å². The van der Waals surface area contributed by atoms with Crippen molar-refractivity contribution in [3.05, 3.63) is 42.0 Å². The first-order valence-corrected chi connectivity index (χ1v) is 8.47. The molecule has 4 heteroatoms. The van der Waals surface area contributed by atoms with Crippen LogP contribution in [0.3, 0.4) is 0 Å². The Morgan fingerprint density at radius 2 is 2.13 bits per heavy atom. The highest BCUT2D eigenvalue weighted by Gasteiger charge is 2.23. The number of ether oxygens (including phenoxy) is 1. The van der Waals surface area contributed by atoms with Crippen molar-refractivity contribution < 1.29 is 9.53 Å². The third-order valence-corrected chi connectivity index (χ3v) is 4.76. The molecule has 2 rings (SSSR count). The van der Waals surface area contributed by atoms with Gasteiger partial charge in [-0.05, 0) is 44.2 Å². The van der Waals surface area contributed by atoms with Crippen LogP contribution < -0.4 is 15.6 Å². The van der Waals surface area contributed by atoms with Gasteiger partial charge in [-0.15, -0.1) is 6.58 Å². The van der Waals surface area contributed by atoms with E-state index in [2.05, 4.69) is 17.4 Å². The van der Waals surface area contributed by atoms with Gasteiger partial charge in [0.05, 0.1) is 7.11 Å². The fourth-order valence-corrected chi connectivity index (χ4v) is 3.39. The molecule has 1 saturated carbocycles. The molecule has 0 bridgehead atoms. The van der Waals surface area contributed by atoms with Gasteiger partial charge in [0.15, 0.2) is 0 Å². The van der Waals surface area contributed by atoms with E-state index in [0.29, 0.717) is 11.5 Å². The first-order chi connectivity index (χ1) is 11.2. The van der Waals surface area contributed by atoms with Crippen LogP contribution in [0.5, 0.6) is 5.75 Å². The number of carbonyl (C=O) groups is 1. The topological polar surface area (TPSA) is 50.4 Å². The fraction of sp³-hybridized carbons (Fsp3) is 0.526. The minimum absolute atomic E-state index is 0.119. The molecule has 4 nitrogen and oxygen atoms in total. The predicted octanol–water partition coefficient (Wildman–Crippen LogP) is 3.76. The monoisotopic (exact) mass is 316 g/mol. The van der Waals surface area contributed by atoms with Crippen LogP contribution in [0, 0.1) is 12.8 Å². The van der Waals surface area contributed by atoms with E-state index in [4.69, 9.17) is 4.74 Å². The number of benzene rings is 1. The largest absolute Gasteiger partial charge is 0.496 e. The van der Waals surface area contributed by atoms with Crippen LogP contribution in [0.2, 0.25) is 0 Å². The van der Waals surface area contributed by atoms with Crippen LogP contribution in [0.25, 0.3) is 0 Å². The van der Waals surface area contributed by atoms with Gasteiger partial charge >= 0.3 is 0 Å². The van der Waals surface area contributed by atoms with Crippen molar-refractivity contribution in [2.75, 3.05) is 7.11 Å². The molecule has 0 heterocycles. The molecule has 1 aliphatic rings. The number of nitrogens with one attached hydrogen (secondary N) is 2. The van der Waals surface area contributed by atoms with E-state index in [1.807, 2.05) is 31.2 Å². The van der Waals surface area contributed by atoms with Gasteiger partial charge in [0.25, 0.3) is 5.91 Å². The molecule has 0 radical (unpaired) electrons. The smallest absolute Gasteiger partial charge is 0.265 e. The Bertz CT molecular complexity index is 536. The van der Waals surface area contributed by atoms with Crippen molar-refractivity contribution in [1.29, 1.82) is 0 Å². The Kier molecular flexibility index (Phi) is 6.66. The quantitative estimate of drug-likeness (QED) is 0.595. The van der Waals surface area contributed by atoms with Gasteiger partial charge in [-0.25, -0.2) is 5.43 Å². The first kappa shape index (κ1) is 17.5. The van der Waals surface area contributed by atoms with Gasteiger partial charge in [0.2, 0.25) is 0 Å². The lowest BCUT2D eigenvalue weighted by atomic mass is 9.83. The summed E-state index contributed by atoms with van der Waals surface area (Å²) in [4.78, 5) is 12.5. The van der Waals surface area contributed by atoms with Crippen LogP contribution >= 0.6 is 0 Å². The van der Waals surface area contributed by atoms with E-state index in [-0.39, 0.29) is 11.9 Å². The van der Waals surface area contributed by atoms with Crippen LogP contribution in [-0.4, -0.2) is 19.1 Å². The summed E-state index contributed by atoms with van der Waals surface area (Å²) >= 11 is 0. The third kappa shape index (κ3) is 4.58. The van der Waals surface area contributed by atoms with E-state index in [0.717, 1.165) is 17.7 Å². The van der Waals surface area contributed by atoms with E-state index in [1.165, 1.54) is 32.1 Å². The van der Waals surface area contributed by atoms with Gasteiger partial charge in [-0.3, -0.25) is 10.2 Å². The highest BCUT2D eigenvalue weighted by molar-refractivity contribution is 5.95. The number of rotatable bonds is 7. The first-order valence-electron chi connectivity index (χ1n) is 8.47. The summed E-state index contributed by atoms with van der Waals surface area (Å²) < 4.78 is 5.28. The molecule has 23 heavy (non-hydrogen) atoms. The Labute approximate surface area is 139 Å². The maximum Gasteiger partial charge on any atom is 0.265 e. The number of hydrogen-bond acceptors (Lipinski definition) is 3. The summed E-state index contributed by atoms with van der Waals surface area (Å²) in [6.07, 6.45) is 9.12. The molecule has 1 aliphatic carbocycles. The van der Waals surface area contributed by atoms with Crippen molar-refractivity contribution >= 4 is 5.91 Å². The standard InChI is InChI=1S/C19H28N2O2/c1-4-9-17(15-10-6-5-7-11-15)20-21-19(22)16-12-8-13-18(23-3)14(16)2/h4,8,12-13,15,17,20H,1,5-7,9-11H2,2-3H3,(H,21,22)/t17-/m1/s1. The van der Waals surface area contributed by atoms with Crippen molar-refractivity contribution in [3.63, 3.8) is 0 Å². The molecule has 1 aromatic rings. The van der Waals surface area contributed by atoms with Crippen molar-refractivity contribution in [3.8, 4) is 5.75 Å². The highest BCUT2D eigenvalue weighted by atomic mass is 16.5. The molecule has 0 saturated heterocycles. The molecule has 2 N–H and O–H groups in total. The highest BCUT2D eigenvalue weighted by Crippen LogP contribution is 2.27. The Balaban J connectivity index is 1.99. The predicted molar refractivity (Wildman–Crippen MR) is 93.5 cm³/mol. The normalized spacial score (nSPS) is 16.6. The fourth-order valence-electron chi connectivity index (χ4n) is 3.39. The Morgan fingerprint density at radius 1 is 1.39 bits per heavy atom. The lowest BCUT2D eigenvalue weighted by Gasteiger charge is -2.30. The molecular formula is C19H28N2O2. The van der Waals surface area contributed by atoms with Gasteiger partial charge < -0.3 is 4.74 Å². The van der Waals surface area contributed by atoms with Gasteiger partial charge in [-0.2, -0.15) is 0 Å². The zero-order valence-corrected chi connectivity index (χ0v) is 14.2. The van der Waals surface area contributed by atoms with Crippen LogP contribution in [0.15, 0.2) is 30.9 Å². The van der Waals surface area contributed by atoms with Crippen molar-refractivity contribution in [2.24, 2.45) is 5.92 Å². The average molecular weight is 316 g/mol. The van der Waals surface area contributed by atoms with Gasteiger partial charge in [0.1, 0.15) is 5.75 Å². The average Bonchev–Trinajstić information content (AvgIpc) is 2.59. The summed E-state index contributed by atoms with van der Waals surface area (Å²) in [5.41, 5.74) is 7.61. The summed E-state index contributed by atoms with van der Waals surface area (Å²) in [5.74, 6) is 1.22. The third-order valence-electron chi connectivity index (χ3n) is 4.76. The molecule has 0 spiro atoms.